The lowest BCUT2D eigenvalue weighted by molar-refractivity contribution is -0.113. The molecule has 0 atom stereocenters. The number of anilines is 1. The Balaban J connectivity index is 1.52. The van der Waals surface area contributed by atoms with Crippen LogP contribution >= 0.6 is 46.6 Å². The lowest BCUT2D eigenvalue weighted by atomic mass is 10.1. The van der Waals surface area contributed by atoms with Gasteiger partial charge in [0.05, 0.1) is 20.6 Å². The van der Waals surface area contributed by atoms with Crippen molar-refractivity contribution in [3.05, 3.63) is 104 Å². The van der Waals surface area contributed by atoms with Crippen molar-refractivity contribution in [1.29, 1.82) is 0 Å². The summed E-state index contributed by atoms with van der Waals surface area (Å²) in [4.78, 5) is 27.2. The second-order valence-electron chi connectivity index (χ2n) is 7.47. The summed E-state index contributed by atoms with van der Waals surface area (Å²) in [6.45, 7) is 0.579. The van der Waals surface area contributed by atoms with E-state index in [4.69, 9.17) is 34.8 Å². The van der Waals surface area contributed by atoms with E-state index in [0.717, 1.165) is 38.7 Å². The first-order valence-electron chi connectivity index (χ1n) is 9.96. The molecule has 164 valence electrons. The standard InChI is InChI=1S/C25H15Cl3N2O2S/c26-17-4-3-5-18(12-17)30-24(31)23(33-25(30)32)11-16-14-29(22-7-2-1-6-19(16)22)13-15-8-9-20(27)21(28)10-15/h1-12,14H,13H2/b23-11+. The van der Waals surface area contributed by atoms with Crippen LogP contribution in [0.4, 0.5) is 10.5 Å². The largest absolute Gasteiger partial charge is 0.342 e. The fraction of sp³-hybridized carbons (Fsp3) is 0.0400. The minimum Gasteiger partial charge on any atom is -0.342 e. The first-order chi connectivity index (χ1) is 15.9. The van der Waals surface area contributed by atoms with Crippen molar-refractivity contribution in [2.24, 2.45) is 0 Å². The van der Waals surface area contributed by atoms with Crippen LogP contribution in [0.5, 0.6) is 0 Å². The Kier molecular flexibility index (Phi) is 5.97. The number of amides is 2. The third-order valence-corrected chi connectivity index (χ3v) is 7.15. The average molecular weight is 514 g/mol. The summed E-state index contributed by atoms with van der Waals surface area (Å²) in [7, 11) is 0. The average Bonchev–Trinajstić information content (AvgIpc) is 3.27. The van der Waals surface area contributed by atoms with Gasteiger partial charge >= 0.3 is 0 Å². The molecule has 8 heteroatoms. The molecular weight excluding hydrogens is 499 g/mol. The molecule has 1 aliphatic heterocycles. The molecule has 1 aromatic heterocycles. The Morgan fingerprint density at radius 2 is 1.70 bits per heavy atom. The summed E-state index contributed by atoms with van der Waals surface area (Å²) in [5.41, 5.74) is 3.31. The third-order valence-electron chi connectivity index (χ3n) is 5.30. The minimum absolute atomic E-state index is 0.354. The van der Waals surface area contributed by atoms with Gasteiger partial charge in [-0.2, -0.15) is 0 Å². The number of thioether (sulfide) groups is 1. The van der Waals surface area contributed by atoms with Crippen LogP contribution in [0, 0.1) is 0 Å². The van der Waals surface area contributed by atoms with Gasteiger partial charge in [0, 0.05) is 34.2 Å². The molecule has 0 radical (unpaired) electrons. The highest BCUT2D eigenvalue weighted by Gasteiger charge is 2.36. The van der Waals surface area contributed by atoms with E-state index in [-0.39, 0.29) is 11.1 Å². The van der Waals surface area contributed by atoms with Crippen LogP contribution in [0.15, 0.2) is 77.8 Å². The Morgan fingerprint density at radius 1 is 0.879 bits per heavy atom. The van der Waals surface area contributed by atoms with Gasteiger partial charge in [-0.1, -0.05) is 65.1 Å². The number of halogens is 3. The molecule has 0 saturated carbocycles. The second-order valence-corrected chi connectivity index (χ2v) is 9.72. The van der Waals surface area contributed by atoms with E-state index in [2.05, 4.69) is 4.57 Å². The van der Waals surface area contributed by atoms with Crippen molar-refractivity contribution >= 4 is 80.4 Å². The topological polar surface area (TPSA) is 42.3 Å². The number of carbonyl (C=O) groups is 2. The summed E-state index contributed by atoms with van der Waals surface area (Å²) in [6, 6.07) is 20.2. The lowest BCUT2D eigenvalue weighted by Gasteiger charge is -2.12. The zero-order valence-electron chi connectivity index (χ0n) is 17.0. The fourth-order valence-electron chi connectivity index (χ4n) is 3.80. The van der Waals surface area contributed by atoms with Gasteiger partial charge in [-0.05, 0) is 59.8 Å². The lowest BCUT2D eigenvalue weighted by Crippen LogP contribution is -2.27. The van der Waals surface area contributed by atoms with Gasteiger partial charge in [0.15, 0.2) is 0 Å². The molecule has 0 spiro atoms. The van der Waals surface area contributed by atoms with Gasteiger partial charge in [0.2, 0.25) is 0 Å². The smallest absolute Gasteiger partial charge is 0.298 e. The van der Waals surface area contributed by atoms with Crippen molar-refractivity contribution < 1.29 is 9.59 Å². The predicted molar refractivity (Wildman–Crippen MR) is 137 cm³/mol. The number of benzene rings is 3. The van der Waals surface area contributed by atoms with Gasteiger partial charge < -0.3 is 4.57 Å². The van der Waals surface area contributed by atoms with Gasteiger partial charge in [0.25, 0.3) is 11.1 Å². The van der Waals surface area contributed by atoms with Crippen LogP contribution in [0.25, 0.3) is 17.0 Å². The number of hydrogen-bond donors (Lipinski definition) is 0. The molecular formula is C25H15Cl3N2O2S. The maximum absolute atomic E-state index is 13.1. The van der Waals surface area contributed by atoms with E-state index < -0.39 is 0 Å². The summed E-state index contributed by atoms with van der Waals surface area (Å²) in [5.74, 6) is -0.367. The van der Waals surface area contributed by atoms with Gasteiger partial charge in [-0.15, -0.1) is 0 Å². The fourth-order valence-corrected chi connectivity index (χ4v) is 5.14. The monoisotopic (exact) mass is 512 g/mol. The Morgan fingerprint density at radius 3 is 2.48 bits per heavy atom. The zero-order chi connectivity index (χ0) is 23.1. The van der Waals surface area contributed by atoms with Crippen LogP contribution in [0.3, 0.4) is 0 Å². The zero-order valence-corrected chi connectivity index (χ0v) is 20.1. The molecule has 0 bridgehead atoms. The molecule has 4 nitrogen and oxygen atoms in total. The van der Waals surface area contributed by atoms with Crippen molar-refractivity contribution in [1.82, 2.24) is 4.57 Å². The molecule has 2 heterocycles. The van der Waals surface area contributed by atoms with Gasteiger partial charge in [0.1, 0.15) is 0 Å². The Bertz CT molecular complexity index is 1460. The van der Waals surface area contributed by atoms with Crippen LogP contribution < -0.4 is 4.90 Å². The van der Waals surface area contributed by atoms with E-state index in [0.29, 0.717) is 32.2 Å². The minimum atomic E-state index is -0.367. The molecule has 1 saturated heterocycles. The number of para-hydroxylation sites is 1. The van der Waals surface area contributed by atoms with Gasteiger partial charge in [-0.25, -0.2) is 4.90 Å². The molecule has 3 aromatic carbocycles. The normalized spacial score (nSPS) is 15.2. The maximum atomic E-state index is 13.1. The Hall–Kier alpha value is -2.70. The van der Waals surface area contributed by atoms with E-state index in [1.165, 1.54) is 0 Å². The van der Waals surface area contributed by atoms with E-state index in [1.54, 1.807) is 36.4 Å². The molecule has 2 amide bonds. The van der Waals surface area contributed by atoms with Crippen molar-refractivity contribution in [3.63, 3.8) is 0 Å². The molecule has 1 aliphatic rings. The number of aromatic nitrogens is 1. The van der Waals surface area contributed by atoms with Crippen LogP contribution in [-0.4, -0.2) is 15.7 Å². The van der Waals surface area contributed by atoms with Crippen molar-refractivity contribution in [2.75, 3.05) is 4.90 Å². The highest BCUT2D eigenvalue weighted by atomic mass is 35.5. The first kappa shape index (κ1) is 22.1. The second kappa shape index (κ2) is 8.92. The van der Waals surface area contributed by atoms with Gasteiger partial charge in [-0.3, -0.25) is 9.59 Å². The Labute approximate surface area is 209 Å². The highest BCUT2D eigenvalue weighted by Crippen LogP contribution is 2.37. The van der Waals surface area contributed by atoms with Crippen LogP contribution in [-0.2, 0) is 11.3 Å². The van der Waals surface area contributed by atoms with E-state index in [1.807, 2.05) is 42.6 Å². The maximum Gasteiger partial charge on any atom is 0.298 e. The quantitative estimate of drug-likeness (QED) is 0.261. The summed E-state index contributed by atoms with van der Waals surface area (Å²) >= 11 is 19.2. The van der Waals surface area contributed by atoms with Crippen molar-refractivity contribution in [2.45, 2.75) is 6.54 Å². The number of nitrogens with zero attached hydrogens (tertiary/aromatic N) is 2. The summed E-state index contributed by atoms with van der Waals surface area (Å²) in [5, 5.41) is 2.09. The first-order valence-corrected chi connectivity index (χ1v) is 11.9. The molecule has 4 aromatic rings. The molecule has 0 unspecified atom stereocenters. The number of imide groups is 1. The number of fused-ring (bicyclic) bond motifs is 1. The molecule has 1 fully saturated rings. The molecule has 0 N–H and O–H groups in total. The summed E-state index contributed by atoms with van der Waals surface area (Å²) < 4.78 is 2.09. The van der Waals surface area contributed by atoms with Crippen LogP contribution in [0.2, 0.25) is 15.1 Å². The van der Waals surface area contributed by atoms with Crippen LogP contribution in [0.1, 0.15) is 11.1 Å². The molecule has 33 heavy (non-hydrogen) atoms. The highest BCUT2D eigenvalue weighted by molar-refractivity contribution is 8.19. The van der Waals surface area contributed by atoms with E-state index >= 15 is 0 Å². The number of hydrogen-bond acceptors (Lipinski definition) is 3. The van der Waals surface area contributed by atoms with Crippen molar-refractivity contribution in [3.8, 4) is 0 Å². The summed E-state index contributed by atoms with van der Waals surface area (Å²) in [6.07, 6.45) is 3.74. The molecule has 5 rings (SSSR count). The number of carbonyl (C=O) groups excluding carboxylic acids is 2. The SMILES string of the molecule is O=C1S/C(=C/c2cn(Cc3ccc(Cl)c(Cl)c3)c3ccccc23)C(=O)N1c1cccc(Cl)c1. The van der Waals surface area contributed by atoms with E-state index in [9.17, 15) is 9.59 Å². The predicted octanol–water partition coefficient (Wildman–Crippen LogP) is 7.89. The third kappa shape index (κ3) is 4.30. The number of rotatable bonds is 4. The molecule has 0 aliphatic carbocycles.